The molecule has 1 aromatic carbocycles. The van der Waals surface area contributed by atoms with E-state index >= 15 is 0 Å². The van der Waals surface area contributed by atoms with E-state index in [4.69, 9.17) is 19.9 Å². The third-order valence-electron chi connectivity index (χ3n) is 3.43. The zero-order valence-corrected chi connectivity index (χ0v) is 13.0. The number of likely N-dealkylation sites (N-methyl/N-ethyl adjacent to an activating group) is 1. The minimum Gasteiger partial charge on any atom is -0.492 e. The number of nitrogens with two attached hydrogens (primary N) is 1. The molecular formula is C16H24N2O4. The number of rotatable bonds is 7. The van der Waals surface area contributed by atoms with E-state index in [9.17, 15) is 4.79 Å². The van der Waals surface area contributed by atoms with E-state index < -0.39 is 0 Å². The van der Waals surface area contributed by atoms with Gasteiger partial charge in [-0.25, -0.2) is 0 Å². The normalized spacial score (nSPS) is 18.0. The van der Waals surface area contributed by atoms with Crippen molar-refractivity contribution < 1.29 is 19.0 Å². The molecule has 2 N–H and O–H groups in total. The van der Waals surface area contributed by atoms with E-state index in [1.165, 1.54) is 0 Å². The number of nitrogens with zero attached hydrogens (tertiary/aromatic N) is 1. The van der Waals surface area contributed by atoms with Gasteiger partial charge < -0.3 is 24.8 Å². The Bertz CT molecular complexity index is 475. The standard InChI is InChI=1S/C16H24N2O4/c1-18(11-15-12-20-7-8-22-15)16(19)10-13-3-2-4-14(9-13)21-6-5-17/h2-4,9,15H,5-8,10-12,17H2,1H3/t15-/m1/s1. The Kier molecular flexibility index (Phi) is 6.64. The number of carbonyl (C=O) groups is 1. The predicted octanol–water partition coefficient (Wildman–Crippen LogP) is 0.440. The summed E-state index contributed by atoms with van der Waals surface area (Å²) < 4.78 is 16.4. The van der Waals surface area contributed by atoms with E-state index in [1.54, 1.807) is 11.9 Å². The highest BCUT2D eigenvalue weighted by Crippen LogP contribution is 2.14. The van der Waals surface area contributed by atoms with Crippen LogP contribution in [0.2, 0.25) is 0 Å². The van der Waals surface area contributed by atoms with Crippen molar-refractivity contribution in [3.8, 4) is 5.75 Å². The highest BCUT2D eigenvalue weighted by molar-refractivity contribution is 5.78. The first-order valence-corrected chi connectivity index (χ1v) is 7.54. The van der Waals surface area contributed by atoms with Gasteiger partial charge in [0, 0.05) is 20.1 Å². The van der Waals surface area contributed by atoms with Gasteiger partial charge in [0.1, 0.15) is 12.4 Å². The molecule has 1 aliphatic heterocycles. The first kappa shape index (κ1) is 16.7. The lowest BCUT2D eigenvalue weighted by atomic mass is 10.1. The molecule has 1 aliphatic rings. The van der Waals surface area contributed by atoms with Crippen LogP contribution < -0.4 is 10.5 Å². The van der Waals surface area contributed by atoms with Crippen molar-refractivity contribution in [2.45, 2.75) is 12.5 Å². The number of hydrogen-bond donors (Lipinski definition) is 1. The van der Waals surface area contributed by atoms with Crippen molar-refractivity contribution in [3.63, 3.8) is 0 Å². The van der Waals surface area contributed by atoms with Crippen molar-refractivity contribution >= 4 is 5.91 Å². The fourth-order valence-electron chi connectivity index (χ4n) is 2.28. The summed E-state index contributed by atoms with van der Waals surface area (Å²) in [5.74, 6) is 0.785. The molecule has 22 heavy (non-hydrogen) atoms. The lowest BCUT2D eigenvalue weighted by Crippen LogP contribution is -2.41. The summed E-state index contributed by atoms with van der Waals surface area (Å²) in [4.78, 5) is 14.0. The van der Waals surface area contributed by atoms with E-state index in [0.717, 1.165) is 11.3 Å². The Hall–Kier alpha value is -1.63. The van der Waals surface area contributed by atoms with Gasteiger partial charge in [0.25, 0.3) is 0 Å². The zero-order chi connectivity index (χ0) is 15.8. The maximum atomic E-state index is 12.3. The largest absolute Gasteiger partial charge is 0.492 e. The maximum Gasteiger partial charge on any atom is 0.226 e. The Morgan fingerprint density at radius 2 is 2.32 bits per heavy atom. The number of carbonyl (C=O) groups excluding carboxylic acids is 1. The van der Waals surface area contributed by atoms with Gasteiger partial charge in [-0.05, 0) is 17.7 Å². The average molecular weight is 308 g/mol. The molecule has 0 bridgehead atoms. The van der Waals surface area contributed by atoms with Gasteiger partial charge in [-0.2, -0.15) is 0 Å². The van der Waals surface area contributed by atoms with Crippen molar-refractivity contribution in [2.24, 2.45) is 5.73 Å². The van der Waals surface area contributed by atoms with Gasteiger partial charge in [-0.1, -0.05) is 12.1 Å². The third kappa shape index (κ3) is 5.29. The molecule has 1 aromatic rings. The van der Waals surface area contributed by atoms with Crippen LogP contribution in [0.25, 0.3) is 0 Å². The highest BCUT2D eigenvalue weighted by Gasteiger charge is 2.19. The lowest BCUT2D eigenvalue weighted by Gasteiger charge is -2.27. The molecule has 6 heteroatoms. The molecule has 0 spiro atoms. The van der Waals surface area contributed by atoms with Gasteiger partial charge in [-0.15, -0.1) is 0 Å². The SMILES string of the molecule is CN(C[C@@H]1COCCO1)C(=O)Cc1cccc(OCCN)c1. The second kappa shape index (κ2) is 8.73. The number of ether oxygens (including phenoxy) is 3. The summed E-state index contributed by atoms with van der Waals surface area (Å²) in [6, 6.07) is 7.54. The molecule has 0 radical (unpaired) electrons. The number of benzene rings is 1. The molecule has 1 saturated heterocycles. The molecule has 6 nitrogen and oxygen atoms in total. The van der Waals surface area contributed by atoms with Crippen molar-refractivity contribution in [1.82, 2.24) is 4.90 Å². The first-order chi connectivity index (χ1) is 10.7. The van der Waals surface area contributed by atoms with Crippen LogP contribution in [0.4, 0.5) is 0 Å². The van der Waals surface area contributed by atoms with Crippen LogP contribution in [0, 0.1) is 0 Å². The van der Waals surface area contributed by atoms with Gasteiger partial charge in [0.05, 0.1) is 32.3 Å². The van der Waals surface area contributed by atoms with Crippen LogP contribution in [-0.2, 0) is 20.7 Å². The summed E-state index contributed by atoms with van der Waals surface area (Å²) in [6.45, 7) is 3.24. The van der Waals surface area contributed by atoms with Crippen molar-refractivity contribution in [3.05, 3.63) is 29.8 Å². The predicted molar refractivity (Wildman–Crippen MR) is 82.9 cm³/mol. The van der Waals surface area contributed by atoms with E-state index in [0.29, 0.717) is 45.9 Å². The van der Waals surface area contributed by atoms with Crippen LogP contribution in [-0.4, -0.2) is 63.5 Å². The third-order valence-corrected chi connectivity index (χ3v) is 3.43. The van der Waals surface area contributed by atoms with E-state index in [-0.39, 0.29) is 12.0 Å². The number of amides is 1. The summed E-state index contributed by atoms with van der Waals surface area (Å²) in [5, 5.41) is 0. The Balaban J connectivity index is 1.84. The molecule has 1 heterocycles. The Labute approximate surface area is 131 Å². The molecule has 2 rings (SSSR count). The molecular weight excluding hydrogens is 284 g/mol. The number of hydrogen-bond acceptors (Lipinski definition) is 5. The molecule has 122 valence electrons. The summed E-state index contributed by atoms with van der Waals surface area (Å²) in [5.41, 5.74) is 6.34. The summed E-state index contributed by atoms with van der Waals surface area (Å²) in [6.07, 6.45) is 0.297. The smallest absolute Gasteiger partial charge is 0.226 e. The highest BCUT2D eigenvalue weighted by atomic mass is 16.6. The minimum absolute atomic E-state index is 0.0399. The summed E-state index contributed by atoms with van der Waals surface area (Å²) >= 11 is 0. The van der Waals surface area contributed by atoms with Crippen LogP contribution in [0.5, 0.6) is 5.75 Å². The second-order valence-electron chi connectivity index (χ2n) is 5.30. The van der Waals surface area contributed by atoms with Crippen LogP contribution in [0.3, 0.4) is 0 Å². The first-order valence-electron chi connectivity index (χ1n) is 7.54. The van der Waals surface area contributed by atoms with Gasteiger partial charge in [0.15, 0.2) is 0 Å². The molecule has 1 fully saturated rings. The van der Waals surface area contributed by atoms with Crippen molar-refractivity contribution in [2.75, 3.05) is 46.6 Å². The lowest BCUT2D eigenvalue weighted by molar-refractivity contribution is -0.135. The summed E-state index contributed by atoms with van der Waals surface area (Å²) in [7, 11) is 1.79. The monoisotopic (exact) mass is 308 g/mol. The molecule has 1 atom stereocenters. The molecule has 0 aliphatic carbocycles. The quantitative estimate of drug-likeness (QED) is 0.791. The fourth-order valence-corrected chi connectivity index (χ4v) is 2.28. The maximum absolute atomic E-state index is 12.3. The molecule has 0 unspecified atom stereocenters. The van der Waals surface area contributed by atoms with Crippen LogP contribution in [0.1, 0.15) is 5.56 Å². The molecule has 0 saturated carbocycles. The zero-order valence-electron chi connectivity index (χ0n) is 13.0. The fraction of sp³-hybridized carbons (Fsp3) is 0.562. The van der Waals surface area contributed by atoms with Gasteiger partial charge in [0.2, 0.25) is 5.91 Å². The van der Waals surface area contributed by atoms with E-state index in [1.807, 2.05) is 24.3 Å². The molecule has 0 aromatic heterocycles. The molecule has 1 amide bonds. The van der Waals surface area contributed by atoms with E-state index in [2.05, 4.69) is 0 Å². The minimum atomic E-state index is -0.0399. The average Bonchev–Trinajstić information content (AvgIpc) is 2.54. The van der Waals surface area contributed by atoms with Gasteiger partial charge >= 0.3 is 0 Å². The second-order valence-corrected chi connectivity index (χ2v) is 5.30. The van der Waals surface area contributed by atoms with Crippen LogP contribution >= 0.6 is 0 Å². The Morgan fingerprint density at radius 1 is 1.45 bits per heavy atom. The Morgan fingerprint density at radius 3 is 3.05 bits per heavy atom. The van der Waals surface area contributed by atoms with Gasteiger partial charge in [-0.3, -0.25) is 4.79 Å². The van der Waals surface area contributed by atoms with Crippen LogP contribution in [0.15, 0.2) is 24.3 Å². The topological polar surface area (TPSA) is 74.0 Å². The van der Waals surface area contributed by atoms with Crippen molar-refractivity contribution in [1.29, 1.82) is 0 Å².